The number of ether oxygens (including phenoxy) is 2. The van der Waals surface area contributed by atoms with E-state index >= 15 is 0 Å². The minimum atomic E-state index is 0.613. The lowest BCUT2D eigenvalue weighted by Gasteiger charge is -2.24. The molecule has 0 amide bonds. The van der Waals surface area contributed by atoms with Gasteiger partial charge in [-0.2, -0.15) is 0 Å². The van der Waals surface area contributed by atoms with Gasteiger partial charge < -0.3 is 14.0 Å². The van der Waals surface area contributed by atoms with Gasteiger partial charge in [-0.25, -0.2) is 4.98 Å². The molecule has 3 aromatic carbocycles. The van der Waals surface area contributed by atoms with E-state index in [2.05, 4.69) is 96.1 Å². The van der Waals surface area contributed by atoms with Crippen LogP contribution in [0.3, 0.4) is 0 Å². The summed E-state index contributed by atoms with van der Waals surface area (Å²) < 4.78 is 14.2. The highest BCUT2D eigenvalue weighted by atomic mass is 16.5. The third-order valence-electron chi connectivity index (χ3n) is 6.81. The Balaban J connectivity index is 1.75. The van der Waals surface area contributed by atoms with Gasteiger partial charge in [-0.3, -0.25) is 4.90 Å². The van der Waals surface area contributed by atoms with E-state index in [1.165, 1.54) is 11.3 Å². The van der Waals surface area contributed by atoms with Gasteiger partial charge in [0.25, 0.3) is 0 Å². The second kappa shape index (κ2) is 14.5. The number of imidazole rings is 1. The summed E-state index contributed by atoms with van der Waals surface area (Å²) in [5.41, 5.74) is 5.90. The van der Waals surface area contributed by atoms with Gasteiger partial charge >= 0.3 is 0 Å². The Morgan fingerprint density at radius 1 is 0.718 bits per heavy atom. The molecule has 4 rings (SSSR count). The number of aromatic nitrogens is 2. The van der Waals surface area contributed by atoms with E-state index in [4.69, 9.17) is 14.5 Å². The van der Waals surface area contributed by atoms with Crippen molar-refractivity contribution >= 4 is 0 Å². The first-order chi connectivity index (χ1) is 19.2. The van der Waals surface area contributed by atoms with Crippen LogP contribution in [0.2, 0.25) is 0 Å². The molecule has 0 saturated heterocycles. The first-order valence-corrected chi connectivity index (χ1v) is 14.5. The topological polar surface area (TPSA) is 39.5 Å². The zero-order valence-corrected chi connectivity index (χ0v) is 24.0. The molecule has 0 N–H and O–H groups in total. The molecule has 0 fully saturated rings. The lowest BCUT2D eigenvalue weighted by molar-refractivity contribution is 0.249. The quantitative estimate of drug-likeness (QED) is 0.157. The third-order valence-corrected chi connectivity index (χ3v) is 6.81. The summed E-state index contributed by atoms with van der Waals surface area (Å²) in [6.07, 6.45) is 3.32. The first kappa shape index (κ1) is 28.4. The van der Waals surface area contributed by atoms with E-state index < -0.39 is 0 Å². The van der Waals surface area contributed by atoms with Gasteiger partial charge in [0.2, 0.25) is 0 Å². The SMILES string of the molecule is CCCCn1c(-c2ccccc2)nc(-c2ccccc2)c1CN(CCC)Cc1ccc(OCC)c(OCC)c1. The van der Waals surface area contributed by atoms with Crippen LogP contribution in [0.4, 0.5) is 0 Å². The van der Waals surface area contributed by atoms with Gasteiger partial charge in [0.15, 0.2) is 11.5 Å². The summed E-state index contributed by atoms with van der Waals surface area (Å²) >= 11 is 0. The van der Waals surface area contributed by atoms with Crippen LogP contribution in [-0.4, -0.2) is 34.2 Å². The maximum Gasteiger partial charge on any atom is 0.161 e. The third kappa shape index (κ3) is 7.30. The van der Waals surface area contributed by atoms with Crippen LogP contribution in [0.15, 0.2) is 78.9 Å². The van der Waals surface area contributed by atoms with Crippen molar-refractivity contribution in [3.8, 4) is 34.1 Å². The largest absolute Gasteiger partial charge is 0.490 e. The van der Waals surface area contributed by atoms with Crippen LogP contribution >= 0.6 is 0 Å². The van der Waals surface area contributed by atoms with Crippen molar-refractivity contribution in [3.63, 3.8) is 0 Å². The molecule has 1 aromatic heterocycles. The Morgan fingerprint density at radius 3 is 2.03 bits per heavy atom. The van der Waals surface area contributed by atoms with E-state index in [-0.39, 0.29) is 0 Å². The number of benzene rings is 3. The fourth-order valence-electron chi connectivity index (χ4n) is 5.03. The van der Waals surface area contributed by atoms with Gasteiger partial charge in [0.05, 0.1) is 24.6 Å². The molecule has 0 aliphatic carbocycles. The van der Waals surface area contributed by atoms with Gasteiger partial charge in [0.1, 0.15) is 5.82 Å². The summed E-state index contributed by atoms with van der Waals surface area (Å²) in [4.78, 5) is 7.83. The van der Waals surface area contributed by atoms with Gasteiger partial charge in [-0.15, -0.1) is 0 Å². The molecule has 5 heteroatoms. The Morgan fingerprint density at radius 2 is 1.38 bits per heavy atom. The molecule has 5 nitrogen and oxygen atoms in total. The zero-order chi connectivity index (χ0) is 27.5. The van der Waals surface area contributed by atoms with Crippen molar-refractivity contribution in [2.45, 2.75) is 66.6 Å². The Hall–Kier alpha value is -3.57. The van der Waals surface area contributed by atoms with E-state index in [9.17, 15) is 0 Å². The fourth-order valence-corrected chi connectivity index (χ4v) is 5.03. The van der Waals surface area contributed by atoms with Crippen molar-refractivity contribution in [2.75, 3.05) is 19.8 Å². The number of unbranched alkanes of at least 4 members (excludes halogenated alkanes) is 1. The average molecular weight is 526 g/mol. The molecule has 4 aromatic rings. The highest BCUT2D eigenvalue weighted by Crippen LogP contribution is 2.33. The number of hydrogen-bond acceptors (Lipinski definition) is 4. The molecule has 39 heavy (non-hydrogen) atoms. The van der Waals surface area contributed by atoms with Gasteiger partial charge in [-0.05, 0) is 50.9 Å². The van der Waals surface area contributed by atoms with Crippen LogP contribution in [0.1, 0.15) is 58.2 Å². The van der Waals surface area contributed by atoms with Crippen LogP contribution in [-0.2, 0) is 19.6 Å². The number of hydrogen-bond donors (Lipinski definition) is 0. The maximum atomic E-state index is 5.93. The van der Waals surface area contributed by atoms with Crippen molar-refractivity contribution in [1.29, 1.82) is 0 Å². The van der Waals surface area contributed by atoms with E-state index in [1.54, 1.807) is 0 Å². The fraction of sp³-hybridized carbons (Fsp3) is 0.382. The summed E-state index contributed by atoms with van der Waals surface area (Å²) in [5.74, 6) is 2.67. The van der Waals surface area contributed by atoms with E-state index in [0.29, 0.717) is 13.2 Å². The van der Waals surface area contributed by atoms with Crippen LogP contribution in [0.5, 0.6) is 11.5 Å². The monoisotopic (exact) mass is 525 g/mol. The molecule has 0 saturated carbocycles. The Labute approximate surface area is 234 Å². The molecule has 0 aliphatic rings. The second-order valence-corrected chi connectivity index (χ2v) is 9.83. The summed E-state index contributed by atoms with van der Waals surface area (Å²) in [7, 11) is 0. The molecule has 0 atom stereocenters. The predicted molar refractivity (Wildman–Crippen MR) is 161 cm³/mol. The first-order valence-electron chi connectivity index (χ1n) is 14.5. The lowest BCUT2D eigenvalue weighted by atomic mass is 10.1. The normalized spacial score (nSPS) is 11.2. The van der Waals surface area contributed by atoms with Crippen molar-refractivity contribution in [2.24, 2.45) is 0 Å². The van der Waals surface area contributed by atoms with Gasteiger partial charge in [-0.1, -0.05) is 87.0 Å². The standard InChI is InChI=1S/C34H43N3O2/c1-5-9-23-37-30(33(28-16-12-10-13-17-28)35-34(37)29-18-14-11-15-19-29)26-36(22-6-2)25-27-20-21-31(38-7-3)32(24-27)39-8-4/h10-21,24H,5-9,22-23,25-26H2,1-4H3. The van der Waals surface area contributed by atoms with Crippen molar-refractivity contribution in [3.05, 3.63) is 90.1 Å². The minimum Gasteiger partial charge on any atom is -0.490 e. The maximum absolute atomic E-state index is 5.93. The lowest BCUT2D eigenvalue weighted by Crippen LogP contribution is -2.25. The van der Waals surface area contributed by atoms with Crippen LogP contribution < -0.4 is 9.47 Å². The number of rotatable bonds is 15. The molecular weight excluding hydrogens is 482 g/mol. The molecule has 0 spiro atoms. The molecular formula is C34H43N3O2. The van der Waals surface area contributed by atoms with Crippen LogP contribution in [0.25, 0.3) is 22.6 Å². The van der Waals surface area contributed by atoms with Crippen molar-refractivity contribution < 1.29 is 9.47 Å². The van der Waals surface area contributed by atoms with Crippen LogP contribution in [0, 0.1) is 0 Å². The molecule has 206 valence electrons. The van der Waals surface area contributed by atoms with E-state index in [0.717, 1.165) is 79.6 Å². The molecule has 0 unspecified atom stereocenters. The summed E-state index contributed by atoms with van der Waals surface area (Å²) in [6.45, 7) is 13.3. The molecule has 0 bridgehead atoms. The van der Waals surface area contributed by atoms with Crippen molar-refractivity contribution in [1.82, 2.24) is 14.5 Å². The summed E-state index contributed by atoms with van der Waals surface area (Å²) in [5, 5.41) is 0. The highest BCUT2D eigenvalue weighted by Gasteiger charge is 2.22. The summed E-state index contributed by atoms with van der Waals surface area (Å²) in [6, 6.07) is 27.6. The second-order valence-electron chi connectivity index (χ2n) is 9.83. The van der Waals surface area contributed by atoms with Gasteiger partial charge in [0, 0.05) is 30.8 Å². The molecule has 0 radical (unpaired) electrons. The molecule has 1 heterocycles. The molecule has 0 aliphatic heterocycles. The predicted octanol–water partition coefficient (Wildman–Crippen LogP) is 8.23. The Bertz CT molecular complexity index is 1280. The smallest absolute Gasteiger partial charge is 0.161 e. The van der Waals surface area contributed by atoms with E-state index in [1.807, 2.05) is 19.9 Å². The number of nitrogens with zero attached hydrogens (tertiary/aromatic N) is 3. The highest BCUT2D eigenvalue weighted by molar-refractivity contribution is 5.68. The zero-order valence-electron chi connectivity index (χ0n) is 24.0. The minimum absolute atomic E-state index is 0.613. The Kier molecular flexibility index (Phi) is 10.6. The average Bonchev–Trinajstić information content (AvgIpc) is 3.32.